The quantitative estimate of drug-likeness (QED) is 0.722. The van der Waals surface area contributed by atoms with Crippen molar-refractivity contribution in [2.75, 3.05) is 6.61 Å². The van der Waals surface area contributed by atoms with Crippen LogP contribution in [0.1, 0.15) is 45.4 Å². The lowest BCUT2D eigenvalue weighted by molar-refractivity contribution is -0.161. The number of carbonyl (C=O) groups excluding carboxylic acids is 2. The van der Waals surface area contributed by atoms with Gasteiger partial charge in [0, 0.05) is 5.41 Å². The van der Waals surface area contributed by atoms with Crippen molar-refractivity contribution in [1.82, 2.24) is 0 Å². The fraction of sp³-hybridized carbons (Fsp3) is 0.619. The zero-order valence-corrected chi connectivity index (χ0v) is 15.1. The largest absolute Gasteiger partial charge is 0.479 e. The van der Waals surface area contributed by atoms with Gasteiger partial charge in [0.25, 0.3) is 0 Å². The number of hydrogen-bond donors (Lipinski definition) is 0. The summed E-state index contributed by atoms with van der Waals surface area (Å²) in [6.45, 7) is 1.41. The van der Waals surface area contributed by atoms with Crippen LogP contribution >= 0.6 is 0 Å². The molecule has 0 unspecified atom stereocenters. The first kappa shape index (κ1) is 17.5. The van der Waals surface area contributed by atoms with Gasteiger partial charge in [0.05, 0.1) is 0 Å². The molecule has 0 aliphatic heterocycles. The van der Waals surface area contributed by atoms with Crippen molar-refractivity contribution in [3.05, 3.63) is 30.1 Å². The lowest BCUT2D eigenvalue weighted by Crippen LogP contribution is -2.51. The summed E-state index contributed by atoms with van der Waals surface area (Å²) < 4.78 is 23.6. The highest BCUT2D eigenvalue weighted by Gasteiger charge is 2.54. The van der Waals surface area contributed by atoms with E-state index < -0.39 is 12.1 Å². The number of hydrogen-bond acceptors (Lipinski definition) is 4. The number of esters is 1. The highest BCUT2D eigenvalue weighted by atomic mass is 19.1. The van der Waals surface area contributed by atoms with Gasteiger partial charge in [0.1, 0.15) is 11.6 Å². The SMILES string of the molecule is C[C@@H](Oc1ccc(F)cc1)C(=O)OCC(=O)C12CC3CC(CC(C3)C1)C2. The minimum Gasteiger partial charge on any atom is -0.479 e. The lowest BCUT2D eigenvalue weighted by atomic mass is 9.48. The van der Waals surface area contributed by atoms with Gasteiger partial charge in [-0.05, 0) is 87.5 Å². The number of halogens is 1. The summed E-state index contributed by atoms with van der Waals surface area (Å²) in [6, 6.07) is 5.45. The van der Waals surface area contributed by atoms with Gasteiger partial charge >= 0.3 is 5.97 Å². The summed E-state index contributed by atoms with van der Waals surface area (Å²) in [7, 11) is 0. The molecule has 4 aliphatic carbocycles. The Bertz CT molecular complexity index is 661. The third-order valence-electron chi connectivity index (χ3n) is 6.43. The van der Waals surface area contributed by atoms with Gasteiger partial charge in [-0.25, -0.2) is 9.18 Å². The maximum Gasteiger partial charge on any atom is 0.347 e. The van der Waals surface area contributed by atoms with Crippen molar-refractivity contribution < 1.29 is 23.5 Å². The van der Waals surface area contributed by atoms with Gasteiger partial charge in [-0.1, -0.05) is 0 Å². The van der Waals surface area contributed by atoms with Gasteiger partial charge in [0.15, 0.2) is 18.5 Å². The molecule has 4 nitrogen and oxygen atoms in total. The Hall–Kier alpha value is -1.91. The van der Waals surface area contributed by atoms with Crippen LogP contribution in [0.4, 0.5) is 4.39 Å². The molecule has 5 rings (SSSR count). The van der Waals surface area contributed by atoms with E-state index in [0.717, 1.165) is 19.3 Å². The molecule has 140 valence electrons. The normalized spacial score (nSPS) is 32.9. The molecule has 0 N–H and O–H groups in total. The molecular weight excluding hydrogens is 335 g/mol. The molecule has 4 bridgehead atoms. The molecule has 26 heavy (non-hydrogen) atoms. The van der Waals surface area contributed by atoms with E-state index in [-0.39, 0.29) is 23.6 Å². The fourth-order valence-corrected chi connectivity index (χ4v) is 5.62. The first-order valence-corrected chi connectivity index (χ1v) is 9.56. The molecule has 4 fully saturated rings. The Kier molecular flexibility index (Phi) is 4.49. The smallest absolute Gasteiger partial charge is 0.347 e. The number of benzene rings is 1. The van der Waals surface area contributed by atoms with Crippen LogP contribution in [-0.4, -0.2) is 24.5 Å². The summed E-state index contributed by atoms with van der Waals surface area (Å²) >= 11 is 0. The van der Waals surface area contributed by atoms with Crippen LogP contribution < -0.4 is 4.74 Å². The van der Waals surface area contributed by atoms with Crippen molar-refractivity contribution in [3.8, 4) is 5.75 Å². The predicted molar refractivity (Wildman–Crippen MR) is 93.1 cm³/mol. The standard InChI is InChI=1S/C21H25FO4/c1-13(26-18-4-2-17(22)3-5-18)20(24)25-12-19(23)21-9-14-6-15(10-21)8-16(7-14)11-21/h2-5,13-16H,6-12H2,1H3/t13-,14?,15?,16?,21?/m1/s1. The van der Waals surface area contributed by atoms with E-state index in [2.05, 4.69) is 0 Å². The molecule has 4 saturated carbocycles. The van der Waals surface area contributed by atoms with Gasteiger partial charge < -0.3 is 9.47 Å². The van der Waals surface area contributed by atoms with Crippen molar-refractivity contribution in [2.45, 2.75) is 51.6 Å². The minimum absolute atomic E-state index is 0.0823. The van der Waals surface area contributed by atoms with Crippen molar-refractivity contribution in [2.24, 2.45) is 23.2 Å². The van der Waals surface area contributed by atoms with E-state index in [9.17, 15) is 14.0 Å². The minimum atomic E-state index is -0.843. The Morgan fingerprint density at radius 3 is 2.15 bits per heavy atom. The molecule has 0 heterocycles. The van der Waals surface area contributed by atoms with E-state index in [4.69, 9.17) is 9.47 Å². The molecule has 1 aromatic carbocycles. The molecule has 0 amide bonds. The Labute approximate surface area is 153 Å². The Morgan fingerprint density at radius 2 is 1.62 bits per heavy atom. The number of rotatable bonds is 6. The molecule has 1 aromatic rings. The van der Waals surface area contributed by atoms with Gasteiger partial charge in [-0.2, -0.15) is 0 Å². The van der Waals surface area contributed by atoms with Crippen molar-refractivity contribution in [3.63, 3.8) is 0 Å². The maximum atomic E-state index is 12.9. The zero-order chi connectivity index (χ0) is 18.3. The molecular formula is C21H25FO4. The average Bonchev–Trinajstić information content (AvgIpc) is 2.60. The molecule has 0 aromatic heterocycles. The van der Waals surface area contributed by atoms with Crippen molar-refractivity contribution >= 4 is 11.8 Å². The van der Waals surface area contributed by atoms with E-state index in [1.54, 1.807) is 6.92 Å². The van der Waals surface area contributed by atoms with Crippen molar-refractivity contribution in [1.29, 1.82) is 0 Å². The van der Waals surface area contributed by atoms with E-state index in [0.29, 0.717) is 23.5 Å². The summed E-state index contributed by atoms with van der Waals surface area (Å²) in [5.41, 5.74) is -0.254. The first-order valence-electron chi connectivity index (χ1n) is 9.56. The van der Waals surface area contributed by atoms with Crippen LogP contribution in [0.2, 0.25) is 0 Å². The van der Waals surface area contributed by atoms with Crippen LogP contribution in [0.5, 0.6) is 5.75 Å². The average molecular weight is 360 g/mol. The molecule has 0 spiro atoms. The van der Waals surface area contributed by atoms with Crippen LogP contribution in [0, 0.1) is 29.0 Å². The summed E-state index contributed by atoms with van der Waals surface area (Å²) in [4.78, 5) is 25.0. The molecule has 0 saturated heterocycles. The van der Waals surface area contributed by atoms with Crippen LogP contribution in [0.25, 0.3) is 0 Å². The number of carbonyl (C=O) groups is 2. The van der Waals surface area contributed by atoms with Gasteiger partial charge in [-0.15, -0.1) is 0 Å². The number of Topliss-reactive ketones (excluding diaryl/α,β-unsaturated/α-hetero) is 1. The first-order chi connectivity index (χ1) is 12.4. The van der Waals surface area contributed by atoms with E-state index in [1.807, 2.05) is 0 Å². The second-order valence-electron chi connectivity index (χ2n) is 8.44. The maximum absolute atomic E-state index is 12.9. The Balaban J connectivity index is 1.31. The lowest BCUT2D eigenvalue weighted by Gasteiger charge is -2.55. The molecule has 4 aliphatic rings. The van der Waals surface area contributed by atoms with E-state index >= 15 is 0 Å². The third kappa shape index (κ3) is 3.36. The van der Waals surface area contributed by atoms with Crippen LogP contribution in [-0.2, 0) is 14.3 Å². The highest BCUT2D eigenvalue weighted by Crippen LogP contribution is 2.60. The molecule has 1 atom stereocenters. The van der Waals surface area contributed by atoms with Crippen LogP contribution in [0.3, 0.4) is 0 Å². The summed E-state index contributed by atoms with van der Waals surface area (Å²) in [5.74, 6) is 1.59. The van der Waals surface area contributed by atoms with Crippen LogP contribution in [0.15, 0.2) is 24.3 Å². The molecule has 0 radical (unpaired) electrons. The second-order valence-corrected chi connectivity index (χ2v) is 8.44. The Morgan fingerprint density at radius 1 is 1.08 bits per heavy atom. The molecule has 5 heteroatoms. The summed E-state index contributed by atoms with van der Waals surface area (Å²) in [6.07, 6.45) is 5.88. The number of ketones is 1. The fourth-order valence-electron chi connectivity index (χ4n) is 5.62. The topological polar surface area (TPSA) is 52.6 Å². The van der Waals surface area contributed by atoms with E-state index in [1.165, 1.54) is 43.5 Å². The second kappa shape index (κ2) is 6.67. The highest BCUT2D eigenvalue weighted by molar-refractivity contribution is 5.88. The monoisotopic (exact) mass is 360 g/mol. The van der Waals surface area contributed by atoms with Gasteiger partial charge in [-0.3, -0.25) is 4.79 Å². The number of ether oxygens (including phenoxy) is 2. The zero-order valence-electron chi connectivity index (χ0n) is 15.1. The van der Waals surface area contributed by atoms with Gasteiger partial charge in [0.2, 0.25) is 0 Å². The summed E-state index contributed by atoms with van der Waals surface area (Å²) in [5, 5.41) is 0. The predicted octanol–water partition coefficient (Wildman–Crippen LogP) is 3.92. The third-order valence-corrected chi connectivity index (χ3v) is 6.43.